The summed E-state index contributed by atoms with van der Waals surface area (Å²) >= 11 is 0. The predicted octanol–water partition coefficient (Wildman–Crippen LogP) is 2.00. The number of carboxylic acid groups (broad SMARTS) is 1. The quantitative estimate of drug-likeness (QED) is 0.268. The lowest BCUT2D eigenvalue weighted by Crippen LogP contribution is -2.27. The third kappa shape index (κ3) is 8.45. The molecule has 1 amide bonds. The number of carboxylic acids is 1. The average Bonchev–Trinajstić information content (AvgIpc) is 2.69. The summed E-state index contributed by atoms with van der Waals surface area (Å²) in [5.74, 6) is 0.0405. The Bertz CT molecular complexity index is 725. The summed E-state index contributed by atoms with van der Waals surface area (Å²) in [5.41, 5.74) is 1.03. The highest BCUT2D eigenvalue weighted by Gasteiger charge is 2.08. The summed E-state index contributed by atoms with van der Waals surface area (Å²) in [6.45, 7) is 0.951. The molecule has 0 atom stereocenters. The molecule has 0 heterocycles. The Morgan fingerprint density at radius 1 is 1.14 bits per heavy atom. The van der Waals surface area contributed by atoms with Gasteiger partial charge in [-0.15, -0.1) is 0 Å². The molecule has 3 N–H and O–H groups in total. The molecular formula is C20H27N3O5. The largest absolute Gasteiger partial charge is 0.493 e. The van der Waals surface area contributed by atoms with Crippen LogP contribution in [0.15, 0.2) is 30.0 Å². The minimum absolute atomic E-state index is 0.00199. The number of unbranched alkanes of at least 4 members (excludes halogenated alkanes) is 2. The van der Waals surface area contributed by atoms with E-state index in [0.717, 1.165) is 5.56 Å². The van der Waals surface area contributed by atoms with Gasteiger partial charge in [0.15, 0.2) is 11.5 Å². The van der Waals surface area contributed by atoms with E-state index in [9.17, 15) is 9.59 Å². The number of nitrogens with one attached hydrogen (secondary N) is 2. The first-order valence-electron chi connectivity index (χ1n) is 9.06. The molecule has 0 aliphatic carbocycles. The normalized spacial score (nSPS) is 10.7. The van der Waals surface area contributed by atoms with Crippen molar-refractivity contribution in [2.24, 2.45) is 0 Å². The van der Waals surface area contributed by atoms with E-state index in [1.807, 2.05) is 24.3 Å². The van der Waals surface area contributed by atoms with E-state index in [-0.39, 0.29) is 12.0 Å². The Kier molecular flexibility index (Phi) is 10.6. The number of nitriles is 1. The topological polar surface area (TPSA) is 121 Å². The lowest BCUT2D eigenvalue weighted by atomic mass is 10.1. The fourth-order valence-corrected chi connectivity index (χ4v) is 2.45. The van der Waals surface area contributed by atoms with Crippen LogP contribution in [0.3, 0.4) is 0 Å². The van der Waals surface area contributed by atoms with Crippen LogP contribution in [0.2, 0.25) is 0 Å². The predicted molar refractivity (Wildman–Crippen MR) is 104 cm³/mol. The zero-order valence-corrected chi connectivity index (χ0v) is 16.3. The number of ether oxygens (including phenoxy) is 2. The molecule has 8 nitrogen and oxygen atoms in total. The molecule has 0 aromatic heterocycles. The molecule has 0 bridgehead atoms. The van der Waals surface area contributed by atoms with Crippen molar-refractivity contribution in [1.29, 1.82) is 5.26 Å². The van der Waals surface area contributed by atoms with Gasteiger partial charge in [0.2, 0.25) is 0 Å². The number of hydrogen-bond acceptors (Lipinski definition) is 6. The molecule has 0 unspecified atom stereocenters. The highest BCUT2D eigenvalue weighted by molar-refractivity contribution is 5.97. The van der Waals surface area contributed by atoms with Gasteiger partial charge < -0.3 is 25.2 Å². The van der Waals surface area contributed by atoms with Gasteiger partial charge in [0, 0.05) is 25.7 Å². The molecule has 28 heavy (non-hydrogen) atoms. The molecule has 0 aliphatic rings. The zero-order valence-electron chi connectivity index (χ0n) is 16.3. The van der Waals surface area contributed by atoms with Gasteiger partial charge in [0.25, 0.3) is 5.91 Å². The number of carbonyl (C=O) groups is 2. The molecular weight excluding hydrogens is 362 g/mol. The van der Waals surface area contributed by atoms with E-state index in [4.69, 9.17) is 19.8 Å². The monoisotopic (exact) mass is 389 g/mol. The van der Waals surface area contributed by atoms with Crippen LogP contribution in [0.5, 0.6) is 11.5 Å². The van der Waals surface area contributed by atoms with Gasteiger partial charge in [0.05, 0.1) is 14.2 Å². The van der Waals surface area contributed by atoms with Crippen LogP contribution in [0.1, 0.15) is 31.2 Å². The van der Waals surface area contributed by atoms with Crippen LogP contribution < -0.4 is 20.1 Å². The van der Waals surface area contributed by atoms with E-state index < -0.39 is 11.9 Å². The number of carbonyl (C=O) groups excluding carboxylic acids is 1. The number of amides is 1. The molecule has 1 aromatic rings. The van der Waals surface area contributed by atoms with Crippen LogP contribution >= 0.6 is 0 Å². The Hall–Kier alpha value is -3.21. The van der Waals surface area contributed by atoms with Crippen molar-refractivity contribution in [3.8, 4) is 17.6 Å². The minimum atomic E-state index is -0.821. The van der Waals surface area contributed by atoms with Crippen molar-refractivity contribution < 1.29 is 24.2 Å². The first-order chi connectivity index (χ1) is 13.5. The molecule has 0 fully saturated rings. The maximum Gasteiger partial charge on any atom is 0.303 e. The average molecular weight is 389 g/mol. The molecule has 0 aliphatic heterocycles. The fourth-order valence-electron chi connectivity index (χ4n) is 2.45. The van der Waals surface area contributed by atoms with Crippen molar-refractivity contribution >= 4 is 11.9 Å². The Balaban J connectivity index is 2.37. The Labute approximate surface area is 165 Å². The maximum absolute atomic E-state index is 12.0. The van der Waals surface area contributed by atoms with Crippen molar-refractivity contribution in [2.45, 2.75) is 32.1 Å². The smallest absolute Gasteiger partial charge is 0.303 e. The second kappa shape index (κ2) is 13.0. The third-order valence-corrected chi connectivity index (χ3v) is 3.97. The SMILES string of the molecule is COc1ccc(CCN/C=C(/C#N)C(=O)NCCCCCC(=O)O)cc1OC. The lowest BCUT2D eigenvalue weighted by molar-refractivity contribution is -0.137. The molecule has 0 saturated heterocycles. The summed E-state index contributed by atoms with van der Waals surface area (Å²) in [7, 11) is 3.15. The fraction of sp³-hybridized carbons (Fsp3) is 0.450. The van der Waals surface area contributed by atoms with Crippen molar-refractivity contribution in [2.75, 3.05) is 27.3 Å². The Morgan fingerprint density at radius 2 is 1.89 bits per heavy atom. The summed E-state index contributed by atoms with van der Waals surface area (Å²) < 4.78 is 10.5. The van der Waals surface area contributed by atoms with Gasteiger partial charge in [0.1, 0.15) is 11.6 Å². The Morgan fingerprint density at radius 3 is 2.54 bits per heavy atom. The number of benzene rings is 1. The molecule has 1 aromatic carbocycles. The summed E-state index contributed by atoms with van der Waals surface area (Å²) in [6, 6.07) is 7.51. The number of nitrogens with zero attached hydrogens (tertiary/aromatic N) is 1. The standard InChI is InChI=1S/C20H27N3O5/c1-27-17-8-7-15(12-18(17)28-2)9-11-22-14-16(13-21)20(26)23-10-5-3-4-6-19(24)25/h7-8,12,14,22H,3-6,9-11H2,1-2H3,(H,23,26)(H,24,25)/b16-14-. The first kappa shape index (κ1) is 22.8. The van der Waals surface area contributed by atoms with Crippen LogP contribution in [-0.2, 0) is 16.0 Å². The van der Waals surface area contributed by atoms with Crippen LogP contribution in [0.25, 0.3) is 0 Å². The summed E-state index contributed by atoms with van der Waals surface area (Å²) in [6.07, 6.45) is 4.17. The zero-order chi connectivity index (χ0) is 20.8. The summed E-state index contributed by atoms with van der Waals surface area (Å²) in [4.78, 5) is 22.4. The minimum Gasteiger partial charge on any atom is -0.493 e. The lowest BCUT2D eigenvalue weighted by Gasteiger charge is -2.09. The molecule has 0 saturated carbocycles. The van der Waals surface area contributed by atoms with Gasteiger partial charge in [-0.05, 0) is 37.0 Å². The van der Waals surface area contributed by atoms with E-state index in [1.54, 1.807) is 14.2 Å². The van der Waals surface area contributed by atoms with Gasteiger partial charge in [-0.1, -0.05) is 12.5 Å². The first-order valence-corrected chi connectivity index (χ1v) is 9.06. The molecule has 0 radical (unpaired) electrons. The van der Waals surface area contributed by atoms with E-state index >= 15 is 0 Å². The van der Waals surface area contributed by atoms with Crippen LogP contribution in [0, 0.1) is 11.3 Å². The molecule has 0 spiro atoms. The highest BCUT2D eigenvalue weighted by Crippen LogP contribution is 2.27. The second-order valence-electron chi connectivity index (χ2n) is 6.02. The van der Waals surface area contributed by atoms with Gasteiger partial charge in [-0.2, -0.15) is 5.26 Å². The summed E-state index contributed by atoms with van der Waals surface area (Å²) in [5, 5.41) is 23.3. The number of rotatable bonds is 13. The van der Waals surface area contributed by atoms with Crippen LogP contribution in [0.4, 0.5) is 0 Å². The van der Waals surface area contributed by atoms with E-state index in [2.05, 4.69) is 10.6 Å². The third-order valence-electron chi connectivity index (χ3n) is 3.97. The second-order valence-corrected chi connectivity index (χ2v) is 6.02. The van der Waals surface area contributed by atoms with Gasteiger partial charge in [-0.25, -0.2) is 0 Å². The van der Waals surface area contributed by atoms with Gasteiger partial charge >= 0.3 is 5.97 Å². The van der Waals surface area contributed by atoms with Crippen molar-refractivity contribution in [3.63, 3.8) is 0 Å². The van der Waals surface area contributed by atoms with Crippen molar-refractivity contribution in [3.05, 3.63) is 35.5 Å². The number of methoxy groups -OCH3 is 2. The number of aliphatic carboxylic acids is 1. The molecule has 152 valence electrons. The highest BCUT2D eigenvalue weighted by atomic mass is 16.5. The maximum atomic E-state index is 12.0. The van der Waals surface area contributed by atoms with Gasteiger partial charge in [-0.3, -0.25) is 9.59 Å². The van der Waals surface area contributed by atoms with E-state index in [1.165, 1.54) is 6.20 Å². The van der Waals surface area contributed by atoms with Crippen LogP contribution in [-0.4, -0.2) is 44.3 Å². The van der Waals surface area contributed by atoms with E-state index in [0.29, 0.717) is 50.3 Å². The molecule has 1 rings (SSSR count). The van der Waals surface area contributed by atoms with Crippen molar-refractivity contribution in [1.82, 2.24) is 10.6 Å². The number of hydrogen-bond donors (Lipinski definition) is 3. The molecule has 8 heteroatoms.